The van der Waals surface area contributed by atoms with E-state index in [4.69, 9.17) is 0 Å². The quantitative estimate of drug-likeness (QED) is 0.881. The van der Waals surface area contributed by atoms with Gasteiger partial charge in [-0.15, -0.1) is 0 Å². The smallest absolute Gasteiger partial charge is 0.271 e. The van der Waals surface area contributed by atoms with E-state index in [1.165, 1.54) is 0 Å². The molecule has 1 saturated heterocycles. The van der Waals surface area contributed by atoms with E-state index in [9.17, 15) is 14.4 Å². The molecule has 1 fully saturated rings. The molecule has 7 nitrogen and oxygen atoms in total. The van der Waals surface area contributed by atoms with Crippen LogP contribution in [0.3, 0.4) is 0 Å². The lowest BCUT2D eigenvalue weighted by Crippen LogP contribution is -2.37. The van der Waals surface area contributed by atoms with Crippen molar-refractivity contribution in [2.24, 2.45) is 5.10 Å². The third-order valence-electron chi connectivity index (χ3n) is 4.22. The van der Waals surface area contributed by atoms with Crippen LogP contribution in [-0.2, 0) is 9.59 Å². The van der Waals surface area contributed by atoms with Crippen LogP contribution in [0.25, 0.3) is 0 Å². The number of carbonyl (C=O) groups is 3. The van der Waals surface area contributed by atoms with Crippen molar-refractivity contribution >= 4 is 29.1 Å². The Morgan fingerprint density at radius 2 is 1.83 bits per heavy atom. The predicted molar refractivity (Wildman–Crippen MR) is 89.6 cm³/mol. The SMILES string of the molecule is O=C1CCC(C(=O)Nc2ccccc2C(=O)N2CCCCC2)=NN1. The van der Waals surface area contributed by atoms with Gasteiger partial charge in [-0.05, 0) is 31.4 Å². The number of para-hydroxylation sites is 1. The van der Waals surface area contributed by atoms with Crippen molar-refractivity contribution in [1.29, 1.82) is 0 Å². The van der Waals surface area contributed by atoms with Crippen molar-refractivity contribution in [2.45, 2.75) is 32.1 Å². The third kappa shape index (κ3) is 3.61. The van der Waals surface area contributed by atoms with Gasteiger partial charge in [0, 0.05) is 25.9 Å². The van der Waals surface area contributed by atoms with Crippen LogP contribution in [0.1, 0.15) is 42.5 Å². The molecule has 0 aromatic heterocycles. The Balaban J connectivity index is 1.75. The zero-order valence-corrected chi connectivity index (χ0v) is 13.4. The minimum Gasteiger partial charge on any atom is -0.339 e. The first-order valence-corrected chi connectivity index (χ1v) is 8.20. The summed E-state index contributed by atoms with van der Waals surface area (Å²) in [5.74, 6) is -0.661. The maximum atomic E-state index is 12.7. The average molecular weight is 328 g/mol. The standard InChI is InChI=1S/C17H20N4O3/c22-15-9-8-14(19-20-15)16(23)18-13-7-3-2-6-12(13)17(24)21-10-4-1-5-11-21/h2-3,6-7H,1,4-5,8-11H2,(H,18,23)(H,20,22). The van der Waals surface area contributed by atoms with Gasteiger partial charge in [-0.2, -0.15) is 5.10 Å². The Labute approximate surface area is 140 Å². The first kappa shape index (κ1) is 16.2. The summed E-state index contributed by atoms with van der Waals surface area (Å²) in [5, 5.41) is 6.53. The molecule has 2 heterocycles. The van der Waals surface area contributed by atoms with Crippen LogP contribution in [0.4, 0.5) is 5.69 Å². The number of likely N-dealkylation sites (tertiary alicyclic amines) is 1. The molecule has 3 amide bonds. The Kier molecular flexibility index (Phi) is 4.88. The largest absolute Gasteiger partial charge is 0.339 e. The van der Waals surface area contributed by atoms with Gasteiger partial charge in [0.15, 0.2) is 0 Å². The number of rotatable bonds is 3. The Morgan fingerprint density at radius 3 is 2.54 bits per heavy atom. The highest BCUT2D eigenvalue weighted by atomic mass is 16.2. The lowest BCUT2D eigenvalue weighted by atomic mass is 10.1. The number of carbonyl (C=O) groups excluding carboxylic acids is 3. The summed E-state index contributed by atoms with van der Waals surface area (Å²) < 4.78 is 0. The van der Waals surface area contributed by atoms with E-state index in [2.05, 4.69) is 15.8 Å². The molecule has 0 aliphatic carbocycles. The van der Waals surface area contributed by atoms with Gasteiger partial charge in [0.05, 0.1) is 11.3 Å². The highest BCUT2D eigenvalue weighted by Gasteiger charge is 2.23. The van der Waals surface area contributed by atoms with Gasteiger partial charge < -0.3 is 10.2 Å². The van der Waals surface area contributed by atoms with Gasteiger partial charge in [-0.1, -0.05) is 12.1 Å². The lowest BCUT2D eigenvalue weighted by molar-refractivity contribution is -0.121. The molecule has 2 N–H and O–H groups in total. The number of anilines is 1. The van der Waals surface area contributed by atoms with Crippen LogP contribution in [-0.4, -0.2) is 41.4 Å². The van der Waals surface area contributed by atoms with Gasteiger partial charge in [0.2, 0.25) is 5.91 Å². The van der Waals surface area contributed by atoms with Crippen LogP contribution < -0.4 is 10.7 Å². The Morgan fingerprint density at radius 1 is 1.08 bits per heavy atom. The molecule has 1 aromatic rings. The fourth-order valence-electron chi connectivity index (χ4n) is 2.88. The van der Waals surface area contributed by atoms with Crippen LogP contribution in [0.2, 0.25) is 0 Å². The molecule has 126 valence electrons. The minimum atomic E-state index is -0.395. The molecule has 3 rings (SSSR count). The maximum Gasteiger partial charge on any atom is 0.271 e. The van der Waals surface area contributed by atoms with Crippen molar-refractivity contribution < 1.29 is 14.4 Å². The number of hydrazone groups is 1. The van der Waals surface area contributed by atoms with Crippen molar-refractivity contribution in [2.75, 3.05) is 18.4 Å². The number of amides is 3. The van der Waals surface area contributed by atoms with E-state index < -0.39 is 5.91 Å². The van der Waals surface area contributed by atoms with E-state index in [1.54, 1.807) is 24.3 Å². The first-order valence-electron chi connectivity index (χ1n) is 8.20. The van der Waals surface area contributed by atoms with Crippen LogP contribution in [0, 0.1) is 0 Å². The van der Waals surface area contributed by atoms with Crippen molar-refractivity contribution in [3.63, 3.8) is 0 Å². The van der Waals surface area contributed by atoms with Crippen molar-refractivity contribution in [3.05, 3.63) is 29.8 Å². The van der Waals surface area contributed by atoms with Crippen LogP contribution in [0.5, 0.6) is 0 Å². The van der Waals surface area contributed by atoms with Gasteiger partial charge >= 0.3 is 0 Å². The normalized spacial score (nSPS) is 17.8. The predicted octanol–water partition coefficient (Wildman–Crippen LogP) is 1.52. The van der Waals surface area contributed by atoms with E-state index in [1.807, 2.05) is 4.90 Å². The molecule has 0 radical (unpaired) electrons. The van der Waals surface area contributed by atoms with E-state index in [0.717, 1.165) is 32.4 Å². The highest BCUT2D eigenvalue weighted by molar-refractivity contribution is 6.43. The zero-order chi connectivity index (χ0) is 16.9. The third-order valence-corrected chi connectivity index (χ3v) is 4.22. The minimum absolute atomic E-state index is 0.0653. The molecule has 0 saturated carbocycles. The van der Waals surface area contributed by atoms with Crippen molar-refractivity contribution in [3.8, 4) is 0 Å². The number of piperidine rings is 1. The first-order chi connectivity index (χ1) is 11.6. The van der Waals surface area contributed by atoms with E-state index >= 15 is 0 Å². The Bertz CT molecular complexity index is 693. The second kappa shape index (κ2) is 7.25. The lowest BCUT2D eigenvalue weighted by Gasteiger charge is -2.27. The fraction of sp³-hybridized carbons (Fsp3) is 0.412. The van der Waals surface area contributed by atoms with E-state index in [0.29, 0.717) is 17.7 Å². The molecule has 0 bridgehead atoms. The molecule has 0 unspecified atom stereocenters. The molecule has 7 heteroatoms. The molecule has 1 aromatic carbocycles. The maximum absolute atomic E-state index is 12.7. The molecule has 2 aliphatic rings. The topological polar surface area (TPSA) is 90.9 Å². The number of nitrogens with zero attached hydrogens (tertiary/aromatic N) is 2. The summed E-state index contributed by atoms with van der Waals surface area (Å²) in [6.07, 6.45) is 3.70. The summed E-state index contributed by atoms with van der Waals surface area (Å²) in [6.45, 7) is 1.50. The van der Waals surface area contributed by atoms with Gasteiger partial charge in [-0.25, -0.2) is 5.43 Å². The molecule has 0 atom stereocenters. The molecule has 2 aliphatic heterocycles. The van der Waals surface area contributed by atoms with Crippen LogP contribution in [0.15, 0.2) is 29.4 Å². The number of benzene rings is 1. The summed E-state index contributed by atoms with van der Waals surface area (Å²) in [7, 11) is 0. The Hall–Kier alpha value is -2.70. The van der Waals surface area contributed by atoms with Gasteiger partial charge in [0.25, 0.3) is 11.8 Å². The number of nitrogens with one attached hydrogen (secondary N) is 2. The summed E-state index contributed by atoms with van der Waals surface area (Å²) >= 11 is 0. The second-order valence-corrected chi connectivity index (χ2v) is 5.95. The van der Waals surface area contributed by atoms with E-state index in [-0.39, 0.29) is 23.9 Å². The fourth-order valence-corrected chi connectivity index (χ4v) is 2.88. The number of hydrogen-bond donors (Lipinski definition) is 2. The molecule has 0 spiro atoms. The zero-order valence-electron chi connectivity index (χ0n) is 13.4. The second-order valence-electron chi connectivity index (χ2n) is 5.95. The van der Waals surface area contributed by atoms with Crippen molar-refractivity contribution in [1.82, 2.24) is 10.3 Å². The monoisotopic (exact) mass is 328 g/mol. The number of hydrogen-bond acceptors (Lipinski definition) is 4. The summed E-state index contributed by atoms with van der Waals surface area (Å²) in [4.78, 5) is 38.0. The highest BCUT2D eigenvalue weighted by Crippen LogP contribution is 2.20. The summed E-state index contributed by atoms with van der Waals surface area (Å²) in [6, 6.07) is 6.98. The molecule has 24 heavy (non-hydrogen) atoms. The van der Waals surface area contributed by atoms with Crippen LogP contribution >= 0.6 is 0 Å². The summed E-state index contributed by atoms with van der Waals surface area (Å²) in [5.41, 5.74) is 3.51. The average Bonchev–Trinajstić information content (AvgIpc) is 2.63. The molecular formula is C17H20N4O3. The molecular weight excluding hydrogens is 308 g/mol. The van der Waals surface area contributed by atoms with Gasteiger partial charge in [0.1, 0.15) is 5.71 Å². The van der Waals surface area contributed by atoms with Gasteiger partial charge in [-0.3, -0.25) is 14.4 Å².